The van der Waals surface area contributed by atoms with Gasteiger partial charge in [0.15, 0.2) is 5.82 Å². The second kappa shape index (κ2) is 5.87. The summed E-state index contributed by atoms with van der Waals surface area (Å²) in [5.74, 6) is 6.91. The Labute approximate surface area is 97.5 Å². The zero-order chi connectivity index (χ0) is 11.3. The molecule has 1 aromatic heterocycles. The molecule has 1 rings (SSSR count). The average Bonchev–Trinajstić information content (AvgIpc) is 2.20. The van der Waals surface area contributed by atoms with E-state index in [9.17, 15) is 0 Å². The number of hydrogen-bond donors (Lipinski definition) is 2. The molecule has 0 aliphatic heterocycles. The summed E-state index contributed by atoms with van der Waals surface area (Å²) in [6.45, 7) is 4.92. The van der Waals surface area contributed by atoms with Gasteiger partial charge in [0, 0.05) is 0 Å². The van der Waals surface area contributed by atoms with Crippen molar-refractivity contribution in [2.24, 2.45) is 11.8 Å². The number of hydrogen-bond acceptors (Lipinski definition) is 5. The van der Waals surface area contributed by atoms with Gasteiger partial charge in [-0.05, 0) is 28.3 Å². The third-order valence-electron chi connectivity index (χ3n) is 1.83. The first-order valence-corrected chi connectivity index (χ1v) is 5.54. The standard InChI is InChI=1S/C9H15BrN4O/c1-6(2)3-4-15-9-7(10)8(14-11)12-5-13-9/h5-6H,3-4,11H2,1-2H3,(H,12,13,14). The van der Waals surface area contributed by atoms with Crippen LogP contribution in [0.25, 0.3) is 0 Å². The lowest BCUT2D eigenvalue weighted by Gasteiger charge is -2.09. The first-order valence-electron chi connectivity index (χ1n) is 4.75. The molecule has 0 aliphatic carbocycles. The molecule has 0 aromatic carbocycles. The van der Waals surface area contributed by atoms with Crippen LogP contribution in [-0.2, 0) is 0 Å². The molecule has 0 aliphatic rings. The van der Waals surface area contributed by atoms with Crippen LogP contribution in [0, 0.1) is 5.92 Å². The van der Waals surface area contributed by atoms with Crippen molar-refractivity contribution < 1.29 is 4.74 Å². The predicted octanol–water partition coefficient (Wildman–Crippen LogP) is 1.95. The minimum absolute atomic E-state index is 0.513. The molecule has 0 radical (unpaired) electrons. The summed E-state index contributed by atoms with van der Waals surface area (Å²) in [6, 6.07) is 0. The Bertz CT molecular complexity index is 319. The molecular formula is C9H15BrN4O. The van der Waals surface area contributed by atoms with Crippen LogP contribution < -0.4 is 16.0 Å². The highest BCUT2D eigenvalue weighted by molar-refractivity contribution is 9.10. The molecule has 0 amide bonds. The van der Waals surface area contributed by atoms with Gasteiger partial charge in [0.25, 0.3) is 0 Å². The van der Waals surface area contributed by atoms with Crippen LogP contribution in [0.1, 0.15) is 20.3 Å². The Morgan fingerprint density at radius 3 is 2.87 bits per heavy atom. The van der Waals surface area contributed by atoms with E-state index in [0.717, 1.165) is 6.42 Å². The van der Waals surface area contributed by atoms with Gasteiger partial charge in [-0.25, -0.2) is 15.8 Å². The fourth-order valence-corrected chi connectivity index (χ4v) is 1.38. The zero-order valence-electron chi connectivity index (χ0n) is 8.83. The Balaban J connectivity index is 2.61. The Kier molecular flexibility index (Phi) is 4.77. The van der Waals surface area contributed by atoms with E-state index < -0.39 is 0 Å². The van der Waals surface area contributed by atoms with Crippen LogP contribution in [0.3, 0.4) is 0 Å². The maximum atomic E-state index is 5.50. The molecule has 1 aromatic rings. The molecule has 3 N–H and O–H groups in total. The minimum Gasteiger partial charge on any atom is -0.477 e. The van der Waals surface area contributed by atoms with E-state index in [1.807, 2.05) is 0 Å². The lowest BCUT2D eigenvalue weighted by molar-refractivity contribution is 0.277. The second-order valence-corrected chi connectivity index (χ2v) is 4.31. The number of nitrogens with zero attached hydrogens (tertiary/aromatic N) is 2. The van der Waals surface area contributed by atoms with Crippen molar-refractivity contribution >= 4 is 21.7 Å². The molecule has 84 valence electrons. The molecule has 0 spiro atoms. The fraction of sp³-hybridized carbons (Fsp3) is 0.556. The van der Waals surface area contributed by atoms with Gasteiger partial charge in [0.2, 0.25) is 5.88 Å². The molecule has 0 saturated heterocycles. The quantitative estimate of drug-likeness (QED) is 0.634. The van der Waals surface area contributed by atoms with Crippen LogP contribution in [0.2, 0.25) is 0 Å². The number of hydrazine groups is 1. The normalized spacial score (nSPS) is 10.5. The summed E-state index contributed by atoms with van der Waals surface area (Å²) in [7, 11) is 0. The van der Waals surface area contributed by atoms with Crippen molar-refractivity contribution in [1.29, 1.82) is 0 Å². The van der Waals surface area contributed by atoms with Crippen molar-refractivity contribution in [3.63, 3.8) is 0 Å². The summed E-state index contributed by atoms with van der Waals surface area (Å²) in [4.78, 5) is 7.93. The van der Waals surface area contributed by atoms with Gasteiger partial charge in [-0.1, -0.05) is 13.8 Å². The fourth-order valence-electron chi connectivity index (χ4n) is 0.946. The van der Waals surface area contributed by atoms with Gasteiger partial charge in [-0.2, -0.15) is 0 Å². The largest absolute Gasteiger partial charge is 0.477 e. The molecule has 15 heavy (non-hydrogen) atoms. The van der Waals surface area contributed by atoms with Crippen LogP contribution >= 0.6 is 15.9 Å². The SMILES string of the molecule is CC(C)CCOc1ncnc(NN)c1Br. The highest BCUT2D eigenvalue weighted by Gasteiger charge is 2.08. The van der Waals surface area contributed by atoms with E-state index in [0.29, 0.717) is 28.7 Å². The molecule has 0 saturated carbocycles. The summed E-state index contributed by atoms with van der Waals surface area (Å²) in [6.07, 6.45) is 2.40. The zero-order valence-corrected chi connectivity index (χ0v) is 10.4. The van der Waals surface area contributed by atoms with Gasteiger partial charge < -0.3 is 10.2 Å². The molecule has 6 heteroatoms. The Morgan fingerprint density at radius 2 is 2.27 bits per heavy atom. The average molecular weight is 275 g/mol. The third kappa shape index (κ3) is 3.64. The van der Waals surface area contributed by atoms with Crippen molar-refractivity contribution in [1.82, 2.24) is 9.97 Å². The van der Waals surface area contributed by atoms with E-state index in [2.05, 4.69) is 45.2 Å². The van der Waals surface area contributed by atoms with Crippen LogP contribution in [0.4, 0.5) is 5.82 Å². The number of rotatable bonds is 5. The van der Waals surface area contributed by atoms with Crippen molar-refractivity contribution in [3.05, 3.63) is 10.8 Å². The second-order valence-electron chi connectivity index (χ2n) is 3.52. The highest BCUT2D eigenvalue weighted by atomic mass is 79.9. The number of nitrogen functional groups attached to an aromatic ring is 1. The monoisotopic (exact) mass is 274 g/mol. The minimum atomic E-state index is 0.513. The third-order valence-corrected chi connectivity index (χ3v) is 2.54. The number of nitrogens with one attached hydrogen (secondary N) is 1. The van der Waals surface area contributed by atoms with E-state index in [1.165, 1.54) is 6.33 Å². The Morgan fingerprint density at radius 1 is 1.53 bits per heavy atom. The molecule has 5 nitrogen and oxygen atoms in total. The van der Waals surface area contributed by atoms with Crippen LogP contribution in [0.5, 0.6) is 5.88 Å². The summed E-state index contributed by atoms with van der Waals surface area (Å²) >= 11 is 3.32. The van der Waals surface area contributed by atoms with Crippen molar-refractivity contribution in [2.75, 3.05) is 12.0 Å². The summed E-state index contributed by atoms with van der Waals surface area (Å²) < 4.78 is 6.15. The molecule has 1 heterocycles. The molecular weight excluding hydrogens is 260 g/mol. The maximum absolute atomic E-state index is 5.50. The first kappa shape index (κ1) is 12.2. The number of halogens is 1. The smallest absolute Gasteiger partial charge is 0.233 e. The lowest BCUT2D eigenvalue weighted by atomic mass is 10.1. The van der Waals surface area contributed by atoms with Gasteiger partial charge in [0.1, 0.15) is 10.8 Å². The first-order chi connectivity index (χ1) is 7.15. The van der Waals surface area contributed by atoms with Gasteiger partial charge in [0.05, 0.1) is 6.61 Å². The molecule has 0 fully saturated rings. The number of nitrogens with two attached hydrogens (primary N) is 1. The molecule has 0 bridgehead atoms. The highest BCUT2D eigenvalue weighted by Crippen LogP contribution is 2.27. The topological polar surface area (TPSA) is 73.1 Å². The van der Waals surface area contributed by atoms with E-state index in [-0.39, 0.29) is 0 Å². The lowest BCUT2D eigenvalue weighted by Crippen LogP contribution is -2.11. The number of ether oxygens (including phenoxy) is 1. The predicted molar refractivity (Wildman–Crippen MR) is 62.5 cm³/mol. The van der Waals surface area contributed by atoms with E-state index >= 15 is 0 Å². The summed E-state index contributed by atoms with van der Waals surface area (Å²) in [5, 5.41) is 0. The van der Waals surface area contributed by atoms with Crippen LogP contribution in [0.15, 0.2) is 10.8 Å². The molecule has 0 atom stereocenters. The maximum Gasteiger partial charge on any atom is 0.233 e. The van der Waals surface area contributed by atoms with Gasteiger partial charge in [-0.15, -0.1) is 0 Å². The number of anilines is 1. The van der Waals surface area contributed by atoms with Crippen LogP contribution in [-0.4, -0.2) is 16.6 Å². The summed E-state index contributed by atoms with van der Waals surface area (Å²) in [5.41, 5.74) is 2.46. The Hall–Kier alpha value is -0.880. The van der Waals surface area contributed by atoms with E-state index in [4.69, 9.17) is 10.6 Å². The van der Waals surface area contributed by atoms with Gasteiger partial charge in [-0.3, -0.25) is 0 Å². The number of aromatic nitrogens is 2. The van der Waals surface area contributed by atoms with Crippen molar-refractivity contribution in [2.45, 2.75) is 20.3 Å². The van der Waals surface area contributed by atoms with Gasteiger partial charge >= 0.3 is 0 Å². The van der Waals surface area contributed by atoms with E-state index in [1.54, 1.807) is 0 Å². The molecule has 0 unspecified atom stereocenters. The van der Waals surface area contributed by atoms with Crippen molar-refractivity contribution in [3.8, 4) is 5.88 Å².